The molecule has 18 heavy (non-hydrogen) atoms. The normalized spacial score (nSPS) is 11.2. The number of nitrogens with zero attached hydrogens (tertiary/aromatic N) is 3. The summed E-state index contributed by atoms with van der Waals surface area (Å²) in [5, 5.41) is 10.7. The third kappa shape index (κ3) is 1.71. The van der Waals surface area contributed by atoms with Gasteiger partial charge in [-0.3, -0.25) is 0 Å². The lowest BCUT2D eigenvalue weighted by atomic mass is 10.1. The number of thioether (sulfide) groups is 1. The molecule has 2 aromatic heterocycles. The molecule has 0 unspecified atom stereocenters. The first-order valence-electron chi connectivity index (χ1n) is 5.90. The highest BCUT2D eigenvalue weighted by Gasteiger charge is 2.13. The monoisotopic (exact) mass is 258 g/mol. The Hall–Kier alpha value is -1.75. The summed E-state index contributed by atoms with van der Waals surface area (Å²) in [6.07, 6.45) is 2.00. The zero-order valence-corrected chi connectivity index (χ0v) is 11.2. The molecule has 0 saturated carbocycles. The van der Waals surface area contributed by atoms with Gasteiger partial charge >= 0.3 is 0 Å². The Labute approximate surface area is 109 Å². The molecule has 0 aliphatic rings. The zero-order valence-electron chi connectivity index (χ0n) is 10.3. The van der Waals surface area contributed by atoms with E-state index in [1.165, 1.54) is 5.39 Å². The molecule has 0 fully saturated rings. The second kappa shape index (κ2) is 4.49. The fourth-order valence-electron chi connectivity index (χ4n) is 2.06. The standard InChI is InChI=1S/C13H14N4S/c1-3-18-13-16-15-12(17(13)2)10-8-14-11-7-5-4-6-9(10)11/h4-8,14H,3H2,1-2H3. The van der Waals surface area contributed by atoms with Gasteiger partial charge in [-0.15, -0.1) is 10.2 Å². The number of H-pyrrole nitrogens is 1. The van der Waals surface area contributed by atoms with E-state index in [1.54, 1.807) is 11.8 Å². The van der Waals surface area contributed by atoms with Crippen molar-refractivity contribution in [3.63, 3.8) is 0 Å². The van der Waals surface area contributed by atoms with Crippen LogP contribution in [0, 0.1) is 0 Å². The number of rotatable bonds is 3. The van der Waals surface area contributed by atoms with Crippen LogP contribution in [0.25, 0.3) is 22.3 Å². The van der Waals surface area contributed by atoms with Crippen LogP contribution in [0.1, 0.15) is 6.92 Å². The van der Waals surface area contributed by atoms with Crippen molar-refractivity contribution in [1.29, 1.82) is 0 Å². The summed E-state index contributed by atoms with van der Waals surface area (Å²) in [5.74, 6) is 1.91. The predicted octanol–water partition coefficient (Wildman–Crippen LogP) is 3.08. The van der Waals surface area contributed by atoms with E-state index in [-0.39, 0.29) is 0 Å². The quantitative estimate of drug-likeness (QED) is 0.734. The molecule has 92 valence electrons. The molecule has 0 amide bonds. The molecule has 2 heterocycles. The van der Waals surface area contributed by atoms with Gasteiger partial charge < -0.3 is 9.55 Å². The SMILES string of the molecule is CCSc1nnc(-c2c[nH]c3ccccc23)n1C. The van der Waals surface area contributed by atoms with Crippen LogP contribution in [0.15, 0.2) is 35.6 Å². The molecule has 0 radical (unpaired) electrons. The van der Waals surface area contributed by atoms with Gasteiger partial charge in [-0.1, -0.05) is 36.9 Å². The Morgan fingerprint density at radius 3 is 2.94 bits per heavy atom. The maximum atomic E-state index is 4.30. The first-order chi connectivity index (χ1) is 8.81. The average molecular weight is 258 g/mol. The van der Waals surface area contributed by atoms with Gasteiger partial charge in [0, 0.05) is 29.7 Å². The molecule has 4 nitrogen and oxygen atoms in total. The summed E-state index contributed by atoms with van der Waals surface area (Å²) in [4.78, 5) is 3.27. The maximum Gasteiger partial charge on any atom is 0.191 e. The Morgan fingerprint density at radius 1 is 1.28 bits per heavy atom. The Morgan fingerprint density at radius 2 is 2.11 bits per heavy atom. The summed E-state index contributed by atoms with van der Waals surface area (Å²) in [5.41, 5.74) is 2.23. The van der Waals surface area contributed by atoms with E-state index >= 15 is 0 Å². The Bertz CT molecular complexity index is 683. The minimum absolute atomic E-state index is 0.906. The van der Waals surface area contributed by atoms with E-state index in [0.717, 1.165) is 27.8 Å². The van der Waals surface area contributed by atoms with Gasteiger partial charge in [0.05, 0.1) is 0 Å². The smallest absolute Gasteiger partial charge is 0.191 e. The van der Waals surface area contributed by atoms with Crippen LogP contribution >= 0.6 is 11.8 Å². The summed E-state index contributed by atoms with van der Waals surface area (Å²) in [6, 6.07) is 8.23. The van der Waals surface area contributed by atoms with Crippen molar-refractivity contribution in [3.8, 4) is 11.4 Å². The van der Waals surface area contributed by atoms with Crippen molar-refractivity contribution in [1.82, 2.24) is 19.7 Å². The average Bonchev–Trinajstić information content (AvgIpc) is 2.95. The molecule has 0 aliphatic heterocycles. The van der Waals surface area contributed by atoms with Gasteiger partial charge in [0.15, 0.2) is 11.0 Å². The van der Waals surface area contributed by atoms with Gasteiger partial charge in [-0.2, -0.15) is 0 Å². The molecule has 5 heteroatoms. The second-order valence-corrected chi connectivity index (χ2v) is 5.28. The number of aromatic amines is 1. The van der Waals surface area contributed by atoms with Crippen molar-refractivity contribution in [3.05, 3.63) is 30.5 Å². The first-order valence-corrected chi connectivity index (χ1v) is 6.88. The van der Waals surface area contributed by atoms with Crippen molar-refractivity contribution < 1.29 is 0 Å². The number of hydrogen-bond donors (Lipinski definition) is 1. The molecule has 3 aromatic rings. The number of hydrogen-bond acceptors (Lipinski definition) is 3. The van der Waals surface area contributed by atoms with E-state index in [9.17, 15) is 0 Å². The minimum Gasteiger partial charge on any atom is -0.360 e. The molecule has 1 aromatic carbocycles. The van der Waals surface area contributed by atoms with Crippen LogP contribution in [-0.2, 0) is 7.05 Å². The third-order valence-corrected chi connectivity index (χ3v) is 3.84. The summed E-state index contributed by atoms with van der Waals surface area (Å²) >= 11 is 1.70. The summed E-state index contributed by atoms with van der Waals surface area (Å²) in [7, 11) is 2.01. The fraction of sp³-hybridized carbons (Fsp3) is 0.231. The van der Waals surface area contributed by atoms with Crippen molar-refractivity contribution in [2.75, 3.05) is 5.75 Å². The molecule has 0 spiro atoms. The van der Waals surface area contributed by atoms with E-state index < -0.39 is 0 Å². The number of benzene rings is 1. The third-order valence-electron chi connectivity index (χ3n) is 2.94. The molecular formula is C13H14N4S. The van der Waals surface area contributed by atoms with Gasteiger partial charge in [0.25, 0.3) is 0 Å². The molecule has 1 N–H and O–H groups in total. The van der Waals surface area contributed by atoms with Gasteiger partial charge in [-0.25, -0.2) is 0 Å². The van der Waals surface area contributed by atoms with Crippen LogP contribution in [0.2, 0.25) is 0 Å². The molecule has 0 bridgehead atoms. The molecule has 3 rings (SSSR count). The van der Waals surface area contributed by atoms with Crippen LogP contribution < -0.4 is 0 Å². The van der Waals surface area contributed by atoms with Crippen molar-refractivity contribution in [2.24, 2.45) is 7.05 Å². The number of fused-ring (bicyclic) bond motifs is 1. The Kier molecular flexibility index (Phi) is 2.83. The van der Waals surface area contributed by atoms with E-state index in [0.29, 0.717) is 0 Å². The van der Waals surface area contributed by atoms with E-state index in [1.807, 2.05) is 29.9 Å². The van der Waals surface area contributed by atoms with Crippen molar-refractivity contribution in [2.45, 2.75) is 12.1 Å². The second-order valence-electron chi connectivity index (χ2n) is 4.05. The number of para-hydroxylation sites is 1. The highest BCUT2D eigenvalue weighted by Crippen LogP contribution is 2.28. The van der Waals surface area contributed by atoms with E-state index in [2.05, 4.69) is 34.2 Å². The van der Waals surface area contributed by atoms with Crippen LogP contribution in [0.4, 0.5) is 0 Å². The van der Waals surface area contributed by atoms with Gasteiger partial charge in [0.1, 0.15) is 0 Å². The highest BCUT2D eigenvalue weighted by molar-refractivity contribution is 7.99. The number of nitrogens with one attached hydrogen (secondary N) is 1. The topological polar surface area (TPSA) is 46.5 Å². The lowest BCUT2D eigenvalue weighted by Crippen LogP contribution is -1.94. The largest absolute Gasteiger partial charge is 0.360 e. The lowest BCUT2D eigenvalue weighted by Gasteiger charge is -2.01. The summed E-state index contributed by atoms with van der Waals surface area (Å²) in [6.45, 7) is 2.12. The fourth-order valence-corrected chi connectivity index (χ4v) is 2.70. The zero-order chi connectivity index (χ0) is 12.5. The molecule has 0 aliphatic carbocycles. The molecule has 0 saturated heterocycles. The van der Waals surface area contributed by atoms with E-state index in [4.69, 9.17) is 0 Å². The Balaban J connectivity index is 2.15. The molecular weight excluding hydrogens is 244 g/mol. The highest BCUT2D eigenvalue weighted by atomic mass is 32.2. The minimum atomic E-state index is 0.906. The number of aromatic nitrogens is 4. The van der Waals surface area contributed by atoms with Gasteiger partial charge in [-0.05, 0) is 11.8 Å². The lowest BCUT2D eigenvalue weighted by molar-refractivity contribution is 0.794. The maximum absolute atomic E-state index is 4.30. The van der Waals surface area contributed by atoms with Crippen LogP contribution in [0.3, 0.4) is 0 Å². The van der Waals surface area contributed by atoms with Crippen molar-refractivity contribution >= 4 is 22.7 Å². The summed E-state index contributed by atoms with van der Waals surface area (Å²) < 4.78 is 2.05. The van der Waals surface area contributed by atoms with Crippen LogP contribution in [0.5, 0.6) is 0 Å². The van der Waals surface area contributed by atoms with Gasteiger partial charge in [0.2, 0.25) is 0 Å². The first kappa shape index (κ1) is 11.3. The van der Waals surface area contributed by atoms with Crippen LogP contribution in [-0.4, -0.2) is 25.5 Å². The molecule has 0 atom stereocenters. The predicted molar refractivity (Wildman–Crippen MR) is 74.7 cm³/mol.